The summed E-state index contributed by atoms with van der Waals surface area (Å²) in [6, 6.07) is 18.0. The van der Waals surface area contributed by atoms with Gasteiger partial charge >= 0.3 is 6.03 Å². The first-order valence-corrected chi connectivity index (χ1v) is 11.2. The monoisotopic (exact) mass is 428 g/mol. The van der Waals surface area contributed by atoms with Crippen LogP contribution in [0.2, 0.25) is 0 Å². The maximum atomic E-state index is 12.4. The third-order valence-electron chi connectivity index (χ3n) is 6.13. The van der Waals surface area contributed by atoms with Gasteiger partial charge in [-0.2, -0.15) is 5.10 Å². The number of anilines is 1. The van der Waals surface area contributed by atoms with E-state index in [1.807, 2.05) is 35.0 Å². The van der Waals surface area contributed by atoms with Gasteiger partial charge in [0.15, 0.2) is 0 Å². The number of hydrogen-bond acceptors (Lipinski definition) is 2. The molecule has 0 fully saturated rings. The number of carbonyl (C=O) groups is 1. The molecule has 0 saturated heterocycles. The molecule has 3 aromatic rings. The molecule has 0 unspecified atom stereocenters. The smallest absolute Gasteiger partial charge is 0.319 e. The minimum absolute atomic E-state index is 0.00284. The molecule has 1 aliphatic carbocycles. The molecule has 1 aliphatic rings. The van der Waals surface area contributed by atoms with Crippen LogP contribution in [0.3, 0.4) is 0 Å². The quantitative estimate of drug-likeness (QED) is 0.499. The molecule has 0 spiro atoms. The average Bonchev–Trinajstić information content (AvgIpc) is 3.31. The Morgan fingerprint density at radius 1 is 1.00 bits per heavy atom. The van der Waals surface area contributed by atoms with Gasteiger partial charge in [0.1, 0.15) is 0 Å². The first-order valence-electron chi connectivity index (χ1n) is 11.2. The molecule has 1 heterocycles. The van der Waals surface area contributed by atoms with E-state index in [4.69, 9.17) is 5.10 Å². The number of allylic oxidation sites excluding steroid dienone is 1. The van der Waals surface area contributed by atoms with E-state index in [1.165, 1.54) is 11.1 Å². The Labute approximate surface area is 190 Å². The molecule has 0 radical (unpaired) electrons. The van der Waals surface area contributed by atoms with Crippen LogP contribution in [-0.4, -0.2) is 21.9 Å². The number of nitrogens with zero attached hydrogens (tertiary/aromatic N) is 2. The Hall–Kier alpha value is -3.34. The summed E-state index contributed by atoms with van der Waals surface area (Å²) in [5.74, 6) is 0.236. The summed E-state index contributed by atoms with van der Waals surface area (Å²) >= 11 is 0. The number of aromatic nitrogens is 2. The normalized spacial score (nSPS) is 18.0. The van der Waals surface area contributed by atoms with Crippen LogP contribution in [0.25, 0.3) is 5.69 Å². The Morgan fingerprint density at radius 3 is 2.34 bits per heavy atom. The molecule has 5 nitrogen and oxygen atoms in total. The highest BCUT2D eigenvalue weighted by Gasteiger charge is 2.27. The van der Waals surface area contributed by atoms with Crippen molar-refractivity contribution in [2.75, 3.05) is 5.32 Å². The summed E-state index contributed by atoms with van der Waals surface area (Å²) < 4.78 is 2.04. The number of nitrogens with one attached hydrogen (secondary N) is 2. The van der Waals surface area contributed by atoms with Gasteiger partial charge in [-0.25, -0.2) is 9.48 Å². The summed E-state index contributed by atoms with van der Waals surface area (Å²) in [6.45, 7) is 10.9. The standard InChI is InChI=1S/C27H32N4O/c1-18-25(19(2)31(30-18)24-15-12-21(13-16-24)27(3,4)5)20-11-14-23(17-20)29-26(32)28-22-9-7-6-8-10-22/h6-16,20,23H,17H2,1-5H3,(H2,28,29,32)/t20-,23+/m0/s1. The maximum absolute atomic E-state index is 12.4. The molecule has 0 saturated carbocycles. The van der Waals surface area contributed by atoms with Crippen molar-refractivity contribution in [2.45, 2.75) is 58.4 Å². The van der Waals surface area contributed by atoms with Gasteiger partial charge in [-0.3, -0.25) is 0 Å². The summed E-state index contributed by atoms with van der Waals surface area (Å²) in [6.07, 6.45) is 5.11. The Morgan fingerprint density at radius 2 is 1.69 bits per heavy atom. The summed E-state index contributed by atoms with van der Waals surface area (Å²) in [5, 5.41) is 10.8. The van der Waals surface area contributed by atoms with Crippen molar-refractivity contribution in [3.63, 3.8) is 0 Å². The van der Waals surface area contributed by atoms with Gasteiger partial charge in [-0.1, -0.05) is 63.3 Å². The van der Waals surface area contributed by atoms with E-state index in [9.17, 15) is 4.79 Å². The third kappa shape index (κ3) is 4.62. The van der Waals surface area contributed by atoms with Gasteiger partial charge in [0.25, 0.3) is 0 Å². The van der Waals surface area contributed by atoms with Crippen molar-refractivity contribution in [3.8, 4) is 5.69 Å². The Kier molecular flexibility index (Phi) is 5.92. The number of benzene rings is 2. The number of hydrogen-bond donors (Lipinski definition) is 2. The molecule has 166 valence electrons. The molecule has 1 aromatic heterocycles. The van der Waals surface area contributed by atoms with Crippen molar-refractivity contribution in [3.05, 3.63) is 89.3 Å². The summed E-state index contributed by atoms with van der Waals surface area (Å²) in [7, 11) is 0. The van der Waals surface area contributed by atoms with Crippen LogP contribution in [0.4, 0.5) is 10.5 Å². The van der Waals surface area contributed by atoms with E-state index >= 15 is 0 Å². The molecule has 2 atom stereocenters. The summed E-state index contributed by atoms with van der Waals surface area (Å²) in [5.41, 5.74) is 6.72. The van der Waals surface area contributed by atoms with Gasteiger partial charge in [0, 0.05) is 28.9 Å². The minimum Gasteiger partial charge on any atom is -0.332 e. The van der Waals surface area contributed by atoms with Crippen LogP contribution in [-0.2, 0) is 5.41 Å². The van der Waals surface area contributed by atoms with Crippen LogP contribution >= 0.6 is 0 Å². The Balaban J connectivity index is 1.45. The van der Waals surface area contributed by atoms with E-state index in [0.29, 0.717) is 0 Å². The minimum atomic E-state index is -0.186. The SMILES string of the molecule is Cc1nn(-c2ccc(C(C)(C)C)cc2)c(C)c1[C@H]1C=C[C@@H](NC(=O)Nc2ccccc2)C1. The van der Waals surface area contributed by atoms with Crippen LogP contribution < -0.4 is 10.6 Å². The van der Waals surface area contributed by atoms with E-state index in [1.54, 1.807) is 0 Å². The lowest BCUT2D eigenvalue weighted by molar-refractivity contribution is 0.250. The first-order chi connectivity index (χ1) is 15.2. The molecule has 2 aromatic carbocycles. The fraction of sp³-hybridized carbons (Fsp3) is 0.333. The zero-order chi connectivity index (χ0) is 22.9. The topological polar surface area (TPSA) is 59.0 Å². The van der Waals surface area contributed by atoms with E-state index < -0.39 is 0 Å². The van der Waals surface area contributed by atoms with Crippen LogP contribution in [0.15, 0.2) is 66.7 Å². The van der Waals surface area contributed by atoms with Gasteiger partial charge in [0.05, 0.1) is 11.4 Å². The number of rotatable bonds is 4. The lowest BCUT2D eigenvalue weighted by atomic mass is 9.87. The highest BCUT2D eigenvalue weighted by molar-refractivity contribution is 5.89. The molecule has 2 N–H and O–H groups in total. The number of aryl methyl sites for hydroxylation is 1. The van der Waals surface area contributed by atoms with Crippen LogP contribution in [0.5, 0.6) is 0 Å². The largest absolute Gasteiger partial charge is 0.332 e. The first kappa shape index (κ1) is 21.9. The highest BCUT2D eigenvalue weighted by atomic mass is 16.2. The van der Waals surface area contributed by atoms with Crippen molar-refractivity contribution in [2.24, 2.45) is 0 Å². The van der Waals surface area contributed by atoms with Gasteiger partial charge < -0.3 is 10.6 Å². The molecule has 4 rings (SSSR count). The van der Waals surface area contributed by atoms with Gasteiger partial charge in [-0.15, -0.1) is 0 Å². The highest BCUT2D eigenvalue weighted by Crippen LogP contribution is 2.34. The predicted molar refractivity (Wildman–Crippen MR) is 131 cm³/mol. The average molecular weight is 429 g/mol. The van der Waals surface area contributed by atoms with Crippen molar-refractivity contribution in [1.29, 1.82) is 0 Å². The molecular formula is C27H32N4O. The number of para-hydroxylation sites is 1. The van der Waals surface area contributed by atoms with E-state index in [-0.39, 0.29) is 23.4 Å². The van der Waals surface area contributed by atoms with Crippen molar-refractivity contribution >= 4 is 11.7 Å². The zero-order valence-electron chi connectivity index (χ0n) is 19.5. The summed E-state index contributed by atoms with van der Waals surface area (Å²) in [4.78, 5) is 12.4. The molecule has 0 aliphatic heterocycles. The molecule has 0 bridgehead atoms. The Bertz CT molecular complexity index is 1120. The molecule has 32 heavy (non-hydrogen) atoms. The molecule has 5 heteroatoms. The second-order valence-electron chi connectivity index (χ2n) is 9.59. The lowest BCUT2D eigenvalue weighted by Gasteiger charge is -2.19. The predicted octanol–water partition coefficient (Wildman–Crippen LogP) is 6.02. The fourth-order valence-corrected chi connectivity index (χ4v) is 4.42. The van der Waals surface area contributed by atoms with Crippen molar-refractivity contribution < 1.29 is 4.79 Å². The second kappa shape index (κ2) is 8.65. The molecule has 2 amide bonds. The van der Waals surface area contributed by atoms with Gasteiger partial charge in [-0.05, 0) is 55.5 Å². The van der Waals surface area contributed by atoms with Crippen LogP contribution in [0, 0.1) is 13.8 Å². The fourth-order valence-electron chi connectivity index (χ4n) is 4.42. The number of urea groups is 1. The number of carbonyl (C=O) groups excluding carboxylic acids is 1. The van der Waals surface area contributed by atoms with Crippen LogP contribution in [0.1, 0.15) is 55.6 Å². The number of amides is 2. The van der Waals surface area contributed by atoms with E-state index in [0.717, 1.165) is 29.2 Å². The van der Waals surface area contributed by atoms with Crippen molar-refractivity contribution in [1.82, 2.24) is 15.1 Å². The van der Waals surface area contributed by atoms with E-state index in [2.05, 4.69) is 81.7 Å². The molecular weight excluding hydrogens is 396 g/mol. The maximum Gasteiger partial charge on any atom is 0.319 e. The second-order valence-corrected chi connectivity index (χ2v) is 9.59. The zero-order valence-corrected chi connectivity index (χ0v) is 19.5. The lowest BCUT2D eigenvalue weighted by Crippen LogP contribution is -2.36. The third-order valence-corrected chi connectivity index (χ3v) is 6.13. The van der Waals surface area contributed by atoms with Gasteiger partial charge in [0.2, 0.25) is 0 Å².